The number of amides is 1. The second kappa shape index (κ2) is 3.04. The molecule has 13 heavy (non-hydrogen) atoms. The lowest BCUT2D eigenvalue weighted by molar-refractivity contribution is -0.119. The Bertz CT molecular complexity index is 322. The second-order valence-electron chi connectivity index (χ2n) is 3.00. The van der Waals surface area contributed by atoms with Gasteiger partial charge in [0, 0.05) is 13.0 Å². The maximum Gasteiger partial charge on any atom is 0.321 e. The van der Waals surface area contributed by atoms with Crippen LogP contribution in [0.4, 0.5) is 6.01 Å². The number of hydrogen-bond acceptors (Lipinski definition) is 5. The molecular formula is C7H10N4O2. The Kier molecular flexibility index (Phi) is 1.88. The minimum absolute atomic E-state index is 0.0498. The van der Waals surface area contributed by atoms with E-state index in [4.69, 9.17) is 4.52 Å². The standard InChI is InChI=1S/C7H10N4O2/c1-4-9-7(13-11-4)10-5-2-6(12)8-3-5/h5H,2-3H2,1H3,(H,8,12)(H,9,10,11). The summed E-state index contributed by atoms with van der Waals surface area (Å²) in [6, 6.07) is 0.436. The summed E-state index contributed by atoms with van der Waals surface area (Å²) >= 11 is 0. The van der Waals surface area contributed by atoms with E-state index in [9.17, 15) is 4.79 Å². The summed E-state index contributed by atoms with van der Waals surface area (Å²) in [6.45, 7) is 2.35. The normalized spacial score (nSPS) is 21.6. The van der Waals surface area contributed by atoms with Gasteiger partial charge in [-0.25, -0.2) is 0 Å². The Hall–Kier alpha value is -1.59. The molecule has 1 saturated heterocycles. The molecule has 2 rings (SSSR count). The first-order chi connectivity index (χ1) is 6.24. The van der Waals surface area contributed by atoms with Crippen molar-refractivity contribution in [2.45, 2.75) is 19.4 Å². The predicted molar refractivity (Wildman–Crippen MR) is 44.1 cm³/mol. The summed E-state index contributed by atoms with van der Waals surface area (Å²) < 4.78 is 4.85. The number of aryl methyl sites for hydroxylation is 1. The van der Waals surface area contributed by atoms with Crippen LogP contribution in [-0.2, 0) is 4.79 Å². The molecule has 1 unspecified atom stereocenters. The van der Waals surface area contributed by atoms with Gasteiger partial charge in [-0.15, -0.1) is 0 Å². The number of rotatable bonds is 2. The van der Waals surface area contributed by atoms with Gasteiger partial charge in [0.25, 0.3) is 0 Å². The number of hydrogen-bond donors (Lipinski definition) is 2. The third-order valence-corrected chi connectivity index (χ3v) is 1.83. The molecule has 70 valence electrons. The summed E-state index contributed by atoms with van der Waals surface area (Å²) in [4.78, 5) is 14.8. The highest BCUT2D eigenvalue weighted by Gasteiger charge is 2.22. The molecule has 2 N–H and O–H groups in total. The van der Waals surface area contributed by atoms with Gasteiger partial charge in [-0.3, -0.25) is 4.79 Å². The Morgan fingerprint density at radius 3 is 3.08 bits per heavy atom. The van der Waals surface area contributed by atoms with Crippen molar-refractivity contribution in [3.63, 3.8) is 0 Å². The molecule has 1 aromatic rings. The van der Waals surface area contributed by atoms with E-state index in [0.717, 1.165) is 0 Å². The van der Waals surface area contributed by atoms with Gasteiger partial charge in [0.15, 0.2) is 5.82 Å². The number of carbonyl (C=O) groups excluding carboxylic acids is 1. The van der Waals surface area contributed by atoms with E-state index in [1.54, 1.807) is 6.92 Å². The highest BCUT2D eigenvalue weighted by atomic mass is 16.5. The molecule has 1 aromatic heterocycles. The van der Waals surface area contributed by atoms with E-state index in [1.165, 1.54) is 0 Å². The summed E-state index contributed by atoms with van der Waals surface area (Å²) in [5.41, 5.74) is 0. The van der Waals surface area contributed by atoms with E-state index in [2.05, 4.69) is 20.8 Å². The highest BCUT2D eigenvalue weighted by Crippen LogP contribution is 2.08. The smallest absolute Gasteiger partial charge is 0.321 e. The molecule has 1 aliphatic rings. The summed E-state index contributed by atoms with van der Waals surface area (Å²) in [5, 5.41) is 9.30. The van der Waals surface area contributed by atoms with Crippen LogP contribution >= 0.6 is 0 Å². The first kappa shape index (κ1) is 8.03. The van der Waals surface area contributed by atoms with Crippen LogP contribution in [0, 0.1) is 6.92 Å². The van der Waals surface area contributed by atoms with E-state index in [-0.39, 0.29) is 11.9 Å². The Balaban J connectivity index is 1.95. The summed E-state index contributed by atoms with van der Waals surface area (Å²) in [6.07, 6.45) is 0.460. The number of nitrogens with zero attached hydrogens (tertiary/aromatic N) is 2. The van der Waals surface area contributed by atoms with Gasteiger partial charge in [-0.2, -0.15) is 4.98 Å². The maximum absolute atomic E-state index is 10.8. The van der Waals surface area contributed by atoms with Crippen LogP contribution in [0.25, 0.3) is 0 Å². The van der Waals surface area contributed by atoms with Crippen molar-refractivity contribution in [2.24, 2.45) is 0 Å². The van der Waals surface area contributed by atoms with Crippen molar-refractivity contribution in [1.29, 1.82) is 0 Å². The van der Waals surface area contributed by atoms with Gasteiger partial charge in [0.2, 0.25) is 5.91 Å². The molecule has 6 heteroatoms. The first-order valence-electron chi connectivity index (χ1n) is 4.07. The highest BCUT2D eigenvalue weighted by molar-refractivity contribution is 5.79. The largest absolute Gasteiger partial charge is 0.354 e. The summed E-state index contributed by atoms with van der Waals surface area (Å²) in [5.74, 6) is 0.633. The zero-order chi connectivity index (χ0) is 9.26. The third kappa shape index (κ3) is 1.77. The van der Waals surface area contributed by atoms with Crippen LogP contribution < -0.4 is 10.6 Å². The Morgan fingerprint density at radius 1 is 1.69 bits per heavy atom. The molecule has 1 fully saturated rings. The van der Waals surface area contributed by atoms with Gasteiger partial charge in [-0.05, 0) is 6.92 Å². The molecule has 1 aliphatic heterocycles. The van der Waals surface area contributed by atoms with Gasteiger partial charge in [0.05, 0.1) is 6.04 Å². The number of carbonyl (C=O) groups is 1. The van der Waals surface area contributed by atoms with Crippen molar-refractivity contribution < 1.29 is 9.32 Å². The van der Waals surface area contributed by atoms with Gasteiger partial charge in [0.1, 0.15) is 0 Å². The van der Waals surface area contributed by atoms with E-state index < -0.39 is 0 Å². The Labute approximate surface area is 74.7 Å². The molecule has 0 saturated carbocycles. The van der Waals surface area contributed by atoms with Crippen molar-refractivity contribution in [3.05, 3.63) is 5.82 Å². The molecule has 0 spiro atoms. The molecule has 0 bridgehead atoms. The maximum atomic E-state index is 10.8. The molecule has 0 radical (unpaired) electrons. The SMILES string of the molecule is Cc1noc(NC2CNC(=O)C2)n1. The number of nitrogens with one attached hydrogen (secondary N) is 2. The minimum atomic E-state index is 0.0498. The van der Waals surface area contributed by atoms with Crippen LogP contribution in [0.5, 0.6) is 0 Å². The molecular weight excluding hydrogens is 172 g/mol. The molecule has 0 aliphatic carbocycles. The second-order valence-corrected chi connectivity index (χ2v) is 3.00. The van der Waals surface area contributed by atoms with Crippen LogP contribution in [0.1, 0.15) is 12.2 Å². The summed E-state index contributed by atoms with van der Waals surface area (Å²) in [7, 11) is 0. The van der Waals surface area contributed by atoms with Crippen LogP contribution in [0.3, 0.4) is 0 Å². The number of anilines is 1. The van der Waals surface area contributed by atoms with Crippen LogP contribution in [0.15, 0.2) is 4.52 Å². The van der Waals surface area contributed by atoms with Crippen LogP contribution in [-0.4, -0.2) is 28.6 Å². The minimum Gasteiger partial charge on any atom is -0.354 e. The molecule has 2 heterocycles. The topological polar surface area (TPSA) is 80.0 Å². The lowest BCUT2D eigenvalue weighted by Gasteiger charge is -2.05. The zero-order valence-corrected chi connectivity index (χ0v) is 7.20. The van der Waals surface area contributed by atoms with Crippen molar-refractivity contribution in [2.75, 3.05) is 11.9 Å². The molecule has 6 nitrogen and oxygen atoms in total. The van der Waals surface area contributed by atoms with Gasteiger partial charge >= 0.3 is 6.01 Å². The number of aromatic nitrogens is 2. The third-order valence-electron chi connectivity index (χ3n) is 1.83. The molecule has 1 amide bonds. The first-order valence-corrected chi connectivity index (χ1v) is 4.07. The fourth-order valence-electron chi connectivity index (χ4n) is 1.24. The lowest BCUT2D eigenvalue weighted by atomic mass is 10.3. The fraction of sp³-hybridized carbons (Fsp3) is 0.571. The molecule has 1 atom stereocenters. The van der Waals surface area contributed by atoms with Crippen LogP contribution in [0.2, 0.25) is 0 Å². The average Bonchev–Trinajstić information content (AvgIpc) is 2.62. The fourth-order valence-corrected chi connectivity index (χ4v) is 1.24. The average molecular weight is 182 g/mol. The zero-order valence-electron chi connectivity index (χ0n) is 7.20. The molecule has 0 aromatic carbocycles. The van der Waals surface area contributed by atoms with E-state index in [0.29, 0.717) is 24.8 Å². The van der Waals surface area contributed by atoms with Gasteiger partial charge < -0.3 is 15.2 Å². The Morgan fingerprint density at radius 2 is 2.54 bits per heavy atom. The lowest BCUT2D eigenvalue weighted by Crippen LogP contribution is -2.22. The van der Waals surface area contributed by atoms with Crippen molar-refractivity contribution in [1.82, 2.24) is 15.5 Å². The van der Waals surface area contributed by atoms with Gasteiger partial charge in [-0.1, -0.05) is 5.16 Å². The predicted octanol–water partition coefficient (Wildman–Crippen LogP) is -0.322. The van der Waals surface area contributed by atoms with E-state index >= 15 is 0 Å². The van der Waals surface area contributed by atoms with Crippen molar-refractivity contribution in [3.8, 4) is 0 Å². The van der Waals surface area contributed by atoms with Crippen molar-refractivity contribution >= 4 is 11.9 Å². The van der Waals surface area contributed by atoms with E-state index in [1.807, 2.05) is 0 Å². The quantitative estimate of drug-likeness (QED) is 0.655. The monoisotopic (exact) mass is 182 g/mol.